The lowest BCUT2D eigenvalue weighted by molar-refractivity contribution is -0.134. The van der Waals surface area contributed by atoms with Gasteiger partial charge in [-0.3, -0.25) is 4.79 Å². The molecule has 5 nitrogen and oxygen atoms in total. The summed E-state index contributed by atoms with van der Waals surface area (Å²) in [4.78, 5) is 26.3. The number of carbonyl (C=O) groups excluding carboxylic acids is 1. The Bertz CT molecular complexity index is 852. The van der Waals surface area contributed by atoms with Crippen LogP contribution in [0.1, 0.15) is 43.5 Å². The van der Waals surface area contributed by atoms with E-state index in [2.05, 4.69) is 28.7 Å². The summed E-state index contributed by atoms with van der Waals surface area (Å²) in [5, 5.41) is 0. The van der Waals surface area contributed by atoms with E-state index >= 15 is 0 Å². The smallest absolute Gasteiger partial charge is 0.224 e. The summed E-state index contributed by atoms with van der Waals surface area (Å²) in [6.07, 6.45) is 5.28. The van der Waals surface area contributed by atoms with Crippen molar-refractivity contribution in [3.8, 4) is 0 Å². The molecule has 0 unspecified atom stereocenters. The third-order valence-electron chi connectivity index (χ3n) is 5.91. The van der Waals surface area contributed by atoms with Gasteiger partial charge in [0.1, 0.15) is 18.0 Å². The molecule has 1 amide bonds. The minimum Gasteiger partial charge on any atom is -0.354 e. The highest BCUT2D eigenvalue weighted by molar-refractivity contribution is 5.78. The molecule has 2 heterocycles. The molecule has 6 heteroatoms. The molecule has 0 spiro atoms. The summed E-state index contributed by atoms with van der Waals surface area (Å²) in [5.74, 6) is 1.20. The molecular formula is C22H27FN4O. The Morgan fingerprint density at radius 2 is 1.93 bits per heavy atom. The van der Waals surface area contributed by atoms with Gasteiger partial charge < -0.3 is 9.80 Å². The number of fused-ring (bicyclic) bond motifs is 1. The highest BCUT2D eigenvalue weighted by Crippen LogP contribution is 2.30. The first-order chi connectivity index (χ1) is 13.5. The summed E-state index contributed by atoms with van der Waals surface area (Å²) in [5.41, 5.74) is 3.37. The number of hydrogen-bond acceptors (Lipinski definition) is 4. The Balaban J connectivity index is 1.61. The maximum Gasteiger partial charge on any atom is 0.224 e. The van der Waals surface area contributed by atoms with Crippen LogP contribution in [-0.2, 0) is 24.2 Å². The van der Waals surface area contributed by atoms with Gasteiger partial charge in [0, 0.05) is 37.3 Å². The zero-order valence-corrected chi connectivity index (χ0v) is 16.6. The van der Waals surface area contributed by atoms with E-state index < -0.39 is 0 Å². The Labute approximate surface area is 165 Å². The molecule has 0 N–H and O–H groups in total. The predicted octanol–water partition coefficient (Wildman–Crippen LogP) is 3.37. The normalized spacial score (nSPS) is 19.9. The van der Waals surface area contributed by atoms with E-state index in [-0.39, 0.29) is 17.8 Å². The molecule has 1 atom stereocenters. The third kappa shape index (κ3) is 3.73. The number of aromatic nitrogens is 2. The lowest BCUT2D eigenvalue weighted by Crippen LogP contribution is -2.46. The Kier molecular flexibility index (Phi) is 5.29. The lowest BCUT2D eigenvalue weighted by atomic mass is 10.0. The molecule has 28 heavy (non-hydrogen) atoms. The van der Waals surface area contributed by atoms with Crippen LogP contribution in [0, 0.1) is 11.7 Å². The topological polar surface area (TPSA) is 49.3 Å². The fraction of sp³-hybridized carbons (Fsp3) is 0.500. The molecular weight excluding hydrogens is 355 g/mol. The average Bonchev–Trinajstić information content (AvgIpc) is 3.10. The van der Waals surface area contributed by atoms with Gasteiger partial charge in [0.25, 0.3) is 0 Å². The SMILES string of the molecule is CC(C)[C@@H]1CN(c2ncnc3c2CCC3)CCC(=O)N1Cc1ccc(F)cc1. The number of benzene rings is 1. The summed E-state index contributed by atoms with van der Waals surface area (Å²) in [6.45, 7) is 6.25. The number of aryl methyl sites for hydroxylation is 1. The van der Waals surface area contributed by atoms with Crippen molar-refractivity contribution in [2.75, 3.05) is 18.0 Å². The van der Waals surface area contributed by atoms with Gasteiger partial charge in [-0.2, -0.15) is 0 Å². The zero-order valence-electron chi connectivity index (χ0n) is 16.6. The van der Waals surface area contributed by atoms with Gasteiger partial charge in [-0.15, -0.1) is 0 Å². The fourth-order valence-corrected chi connectivity index (χ4v) is 4.34. The molecule has 1 fully saturated rings. The van der Waals surface area contributed by atoms with Gasteiger partial charge >= 0.3 is 0 Å². The van der Waals surface area contributed by atoms with E-state index in [1.165, 1.54) is 17.7 Å². The van der Waals surface area contributed by atoms with E-state index in [1.807, 2.05) is 4.90 Å². The number of nitrogens with zero attached hydrogens (tertiary/aromatic N) is 4. The van der Waals surface area contributed by atoms with Crippen molar-refractivity contribution in [2.45, 2.75) is 52.1 Å². The molecule has 1 aromatic heterocycles. The monoisotopic (exact) mass is 382 g/mol. The van der Waals surface area contributed by atoms with Gasteiger partial charge in [-0.25, -0.2) is 14.4 Å². The summed E-state index contributed by atoms with van der Waals surface area (Å²) >= 11 is 0. The van der Waals surface area contributed by atoms with E-state index in [4.69, 9.17) is 0 Å². The molecule has 4 rings (SSSR count). The van der Waals surface area contributed by atoms with Gasteiger partial charge in [0.05, 0.1) is 6.04 Å². The molecule has 148 valence electrons. The van der Waals surface area contributed by atoms with E-state index in [9.17, 15) is 9.18 Å². The van der Waals surface area contributed by atoms with Crippen LogP contribution in [0.15, 0.2) is 30.6 Å². The third-order valence-corrected chi connectivity index (χ3v) is 5.91. The molecule has 2 aliphatic rings. The molecule has 1 saturated heterocycles. The maximum atomic E-state index is 13.3. The van der Waals surface area contributed by atoms with Crippen LogP contribution in [0.5, 0.6) is 0 Å². The van der Waals surface area contributed by atoms with Crippen molar-refractivity contribution >= 4 is 11.7 Å². The first kappa shape index (κ1) is 18.8. The van der Waals surface area contributed by atoms with Crippen molar-refractivity contribution in [3.05, 3.63) is 53.2 Å². The van der Waals surface area contributed by atoms with Crippen molar-refractivity contribution in [1.82, 2.24) is 14.9 Å². The van der Waals surface area contributed by atoms with Gasteiger partial charge in [0.2, 0.25) is 5.91 Å². The first-order valence-electron chi connectivity index (χ1n) is 10.1. The second-order valence-corrected chi connectivity index (χ2v) is 8.13. The minimum atomic E-state index is -0.254. The van der Waals surface area contributed by atoms with Crippen molar-refractivity contribution in [2.24, 2.45) is 5.92 Å². The minimum absolute atomic E-state index is 0.0760. The average molecular weight is 382 g/mol. The van der Waals surface area contributed by atoms with Crippen LogP contribution in [-0.4, -0.2) is 39.9 Å². The van der Waals surface area contributed by atoms with Crippen LogP contribution >= 0.6 is 0 Å². The molecule has 0 saturated carbocycles. The van der Waals surface area contributed by atoms with Gasteiger partial charge in [-0.05, 0) is 42.9 Å². The number of anilines is 1. The van der Waals surface area contributed by atoms with Crippen LogP contribution in [0.2, 0.25) is 0 Å². The fourth-order valence-electron chi connectivity index (χ4n) is 4.34. The standard InChI is InChI=1S/C22H27FN4O/c1-15(2)20-13-26(22-18-4-3-5-19(18)24-14-25-22)11-10-21(28)27(20)12-16-6-8-17(23)9-7-16/h6-9,14-15,20H,3-5,10-13H2,1-2H3/t20-/m0/s1. The number of rotatable bonds is 4. The predicted molar refractivity (Wildman–Crippen MR) is 106 cm³/mol. The molecule has 1 aliphatic heterocycles. The molecule has 0 radical (unpaired) electrons. The van der Waals surface area contributed by atoms with Crippen LogP contribution in [0.4, 0.5) is 10.2 Å². The highest BCUT2D eigenvalue weighted by atomic mass is 19.1. The number of halogens is 1. The molecule has 2 aromatic rings. The van der Waals surface area contributed by atoms with E-state index in [1.54, 1.807) is 18.5 Å². The van der Waals surface area contributed by atoms with E-state index in [0.717, 1.165) is 42.9 Å². The Hall–Kier alpha value is -2.50. The molecule has 0 bridgehead atoms. The van der Waals surface area contributed by atoms with Crippen molar-refractivity contribution in [1.29, 1.82) is 0 Å². The highest BCUT2D eigenvalue weighted by Gasteiger charge is 2.33. The van der Waals surface area contributed by atoms with Gasteiger partial charge in [-0.1, -0.05) is 26.0 Å². The van der Waals surface area contributed by atoms with Crippen LogP contribution in [0.3, 0.4) is 0 Å². The summed E-state index contributed by atoms with van der Waals surface area (Å²) in [7, 11) is 0. The van der Waals surface area contributed by atoms with Gasteiger partial charge in [0.15, 0.2) is 0 Å². The van der Waals surface area contributed by atoms with E-state index in [0.29, 0.717) is 25.4 Å². The van der Waals surface area contributed by atoms with Crippen LogP contribution in [0.25, 0.3) is 0 Å². The maximum absolute atomic E-state index is 13.3. The lowest BCUT2D eigenvalue weighted by Gasteiger charge is -2.35. The summed E-state index contributed by atoms with van der Waals surface area (Å²) in [6, 6.07) is 6.52. The molecule has 1 aromatic carbocycles. The molecule has 1 aliphatic carbocycles. The van der Waals surface area contributed by atoms with Crippen molar-refractivity contribution in [3.63, 3.8) is 0 Å². The zero-order chi connectivity index (χ0) is 19.7. The quantitative estimate of drug-likeness (QED) is 0.814. The van der Waals surface area contributed by atoms with Crippen LogP contribution < -0.4 is 4.90 Å². The van der Waals surface area contributed by atoms with Crippen molar-refractivity contribution < 1.29 is 9.18 Å². The number of amides is 1. The Morgan fingerprint density at radius 1 is 1.14 bits per heavy atom. The largest absolute Gasteiger partial charge is 0.354 e. The first-order valence-corrected chi connectivity index (χ1v) is 10.1. The number of carbonyl (C=O) groups is 1. The second kappa shape index (κ2) is 7.86. The second-order valence-electron chi connectivity index (χ2n) is 8.13. The summed E-state index contributed by atoms with van der Waals surface area (Å²) < 4.78 is 13.3. The Morgan fingerprint density at radius 3 is 2.68 bits per heavy atom. The number of hydrogen-bond donors (Lipinski definition) is 0.